The normalized spacial score (nSPS) is 17.8. The first-order chi connectivity index (χ1) is 8.17. The van der Waals surface area contributed by atoms with E-state index >= 15 is 0 Å². The summed E-state index contributed by atoms with van der Waals surface area (Å²) in [6, 6.07) is 5.94. The van der Waals surface area contributed by atoms with Gasteiger partial charge in [-0.2, -0.15) is 0 Å². The molecule has 0 aliphatic heterocycles. The van der Waals surface area contributed by atoms with E-state index in [2.05, 4.69) is 18.3 Å². The fourth-order valence-corrected chi connectivity index (χ4v) is 2.96. The topological polar surface area (TPSA) is 12.0 Å². The Kier molecular flexibility index (Phi) is 4.35. The Morgan fingerprint density at radius 2 is 2.06 bits per heavy atom. The molecule has 17 heavy (non-hydrogen) atoms. The van der Waals surface area contributed by atoms with E-state index < -0.39 is 0 Å². The zero-order valence-corrected chi connectivity index (χ0v) is 11.7. The molecule has 1 N–H and O–H groups in total. The smallest absolute Gasteiger partial charge is 0.0624 e. The molecule has 2 rings (SSSR count). The van der Waals surface area contributed by atoms with Crippen molar-refractivity contribution in [3.05, 3.63) is 33.8 Å². The maximum atomic E-state index is 6.26. The van der Waals surface area contributed by atoms with Gasteiger partial charge in [0.05, 0.1) is 10.0 Å². The van der Waals surface area contributed by atoms with Crippen LogP contribution in [0.5, 0.6) is 0 Å². The van der Waals surface area contributed by atoms with Gasteiger partial charge in [0.2, 0.25) is 0 Å². The molecule has 0 spiro atoms. The molecule has 1 aromatic carbocycles. The fourth-order valence-electron chi connectivity index (χ4n) is 2.57. The van der Waals surface area contributed by atoms with Gasteiger partial charge in [-0.05, 0) is 42.9 Å². The van der Waals surface area contributed by atoms with E-state index in [1.54, 1.807) is 0 Å². The van der Waals surface area contributed by atoms with E-state index in [-0.39, 0.29) is 0 Å². The average Bonchev–Trinajstić information content (AvgIpc) is 2.28. The highest BCUT2D eigenvalue weighted by atomic mass is 35.5. The van der Waals surface area contributed by atoms with Gasteiger partial charge in [-0.1, -0.05) is 48.7 Å². The third-order valence-electron chi connectivity index (χ3n) is 3.76. The molecule has 0 bridgehead atoms. The first-order valence-electron chi connectivity index (χ1n) is 6.30. The van der Waals surface area contributed by atoms with E-state index in [1.807, 2.05) is 12.1 Å². The van der Waals surface area contributed by atoms with Crippen LogP contribution in [-0.4, -0.2) is 13.1 Å². The average molecular weight is 272 g/mol. The summed E-state index contributed by atoms with van der Waals surface area (Å²) >= 11 is 12.3. The van der Waals surface area contributed by atoms with Crippen LogP contribution in [0.15, 0.2) is 18.2 Å². The zero-order valence-electron chi connectivity index (χ0n) is 10.2. The third-order valence-corrected chi connectivity index (χ3v) is 4.62. The van der Waals surface area contributed by atoms with E-state index in [1.165, 1.54) is 24.8 Å². The number of nitrogens with one attached hydrogen (secondary N) is 1. The van der Waals surface area contributed by atoms with Crippen molar-refractivity contribution in [3.8, 4) is 0 Å². The highest BCUT2D eigenvalue weighted by Crippen LogP contribution is 2.44. The molecule has 1 aliphatic carbocycles. The van der Waals surface area contributed by atoms with Crippen LogP contribution in [0.1, 0.15) is 31.7 Å². The van der Waals surface area contributed by atoms with Gasteiger partial charge in [-0.3, -0.25) is 0 Å². The van der Waals surface area contributed by atoms with Crippen molar-refractivity contribution in [2.24, 2.45) is 5.41 Å². The first-order valence-corrected chi connectivity index (χ1v) is 7.06. The summed E-state index contributed by atoms with van der Waals surface area (Å²) in [4.78, 5) is 0. The zero-order chi connectivity index (χ0) is 12.3. The minimum atomic E-state index is 0.407. The Morgan fingerprint density at radius 1 is 1.29 bits per heavy atom. The van der Waals surface area contributed by atoms with Crippen LogP contribution in [0.25, 0.3) is 0 Å². The predicted octanol–water partition coefficient (Wildman–Crippen LogP) is 4.32. The molecule has 0 unspecified atom stereocenters. The fraction of sp³-hybridized carbons (Fsp3) is 0.571. The summed E-state index contributed by atoms with van der Waals surface area (Å²) in [5.41, 5.74) is 1.60. The molecule has 0 radical (unpaired) electrons. The van der Waals surface area contributed by atoms with Crippen molar-refractivity contribution in [2.75, 3.05) is 13.1 Å². The lowest BCUT2D eigenvalue weighted by molar-refractivity contribution is 0.131. The molecule has 0 saturated heterocycles. The quantitative estimate of drug-likeness (QED) is 0.842. The van der Waals surface area contributed by atoms with Crippen LogP contribution in [0.4, 0.5) is 0 Å². The summed E-state index contributed by atoms with van der Waals surface area (Å²) in [6.07, 6.45) is 4.97. The van der Waals surface area contributed by atoms with Crippen molar-refractivity contribution in [3.63, 3.8) is 0 Å². The summed E-state index contributed by atoms with van der Waals surface area (Å²) in [7, 11) is 0. The molecule has 1 saturated carbocycles. The Hall–Kier alpha value is -0.240. The van der Waals surface area contributed by atoms with Gasteiger partial charge >= 0.3 is 0 Å². The largest absolute Gasteiger partial charge is 0.316 e. The minimum absolute atomic E-state index is 0.407. The van der Waals surface area contributed by atoms with Gasteiger partial charge in [-0.25, -0.2) is 0 Å². The molecular formula is C14H19Cl2N. The van der Waals surface area contributed by atoms with Gasteiger partial charge in [-0.15, -0.1) is 0 Å². The first kappa shape index (κ1) is 13.2. The molecule has 0 amide bonds. The Bertz CT molecular complexity index is 386. The molecule has 1 nitrogen and oxygen atoms in total. The van der Waals surface area contributed by atoms with Gasteiger partial charge < -0.3 is 5.32 Å². The van der Waals surface area contributed by atoms with Crippen LogP contribution < -0.4 is 5.32 Å². The molecule has 94 valence electrons. The van der Waals surface area contributed by atoms with Crippen LogP contribution in [0.2, 0.25) is 10.0 Å². The molecule has 3 heteroatoms. The van der Waals surface area contributed by atoms with Crippen LogP contribution in [0.3, 0.4) is 0 Å². The molecular weight excluding hydrogens is 253 g/mol. The van der Waals surface area contributed by atoms with Crippen molar-refractivity contribution in [1.29, 1.82) is 0 Å². The van der Waals surface area contributed by atoms with Gasteiger partial charge in [0, 0.05) is 6.54 Å². The molecule has 1 aromatic rings. The predicted molar refractivity (Wildman–Crippen MR) is 75.0 cm³/mol. The van der Waals surface area contributed by atoms with Crippen molar-refractivity contribution in [1.82, 2.24) is 5.32 Å². The number of benzene rings is 1. The number of halogens is 2. The Morgan fingerprint density at radius 3 is 2.65 bits per heavy atom. The lowest BCUT2D eigenvalue weighted by Crippen LogP contribution is -2.41. The van der Waals surface area contributed by atoms with Gasteiger partial charge in [0.1, 0.15) is 0 Å². The lowest BCUT2D eigenvalue weighted by atomic mass is 9.65. The van der Waals surface area contributed by atoms with Crippen LogP contribution in [-0.2, 0) is 6.42 Å². The monoisotopic (exact) mass is 271 g/mol. The maximum absolute atomic E-state index is 6.26. The molecule has 0 heterocycles. The second-order valence-electron chi connectivity index (χ2n) is 5.02. The minimum Gasteiger partial charge on any atom is -0.316 e. The summed E-state index contributed by atoms with van der Waals surface area (Å²) < 4.78 is 0. The lowest BCUT2D eigenvalue weighted by Gasteiger charge is -2.42. The van der Waals surface area contributed by atoms with Crippen LogP contribution >= 0.6 is 23.2 Å². The molecule has 1 aliphatic rings. The summed E-state index contributed by atoms with van der Waals surface area (Å²) in [5, 5.41) is 4.87. The van der Waals surface area contributed by atoms with Gasteiger partial charge in [0.25, 0.3) is 0 Å². The summed E-state index contributed by atoms with van der Waals surface area (Å²) in [6.45, 7) is 4.27. The molecule has 1 fully saturated rings. The Labute approximate surface area is 114 Å². The van der Waals surface area contributed by atoms with Crippen LogP contribution in [0, 0.1) is 5.41 Å². The summed E-state index contributed by atoms with van der Waals surface area (Å²) in [5.74, 6) is 0. The second kappa shape index (κ2) is 5.60. The standard InChI is InChI=1S/C14H19Cl2N/c1-2-17-10-14(7-4-8-14)9-11-5-3-6-12(15)13(11)16/h3,5-6,17H,2,4,7-10H2,1H3. The SMILES string of the molecule is CCNCC1(Cc2cccc(Cl)c2Cl)CCC1. The van der Waals surface area contributed by atoms with Crippen molar-refractivity contribution < 1.29 is 0 Å². The van der Waals surface area contributed by atoms with E-state index in [0.29, 0.717) is 10.4 Å². The highest BCUT2D eigenvalue weighted by molar-refractivity contribution is 6.42. The van der Waals surface area contributed by atoms with Gasteiger partial charge in [0.15, 0.2) is 0 Å². The number of hydrogen-bond donors (Lipinski definition) is 1. The maximum Gasteiger partial charge on any atom is 0.0624 e. The third kappa shape index (κ3) is 2.96. The van der Waals surface area contributed by atoms with Crippen molar-refractivity contribution in [2.45, 2.75) is 32.6 Å². The number of hydrogen-bond acceptors (Lipinski definition) is 1. The molecule has 0 aromatic heterocycles. The second-order valence-corrected chi connectivity index (χ2v) is 5.81. The Balaban J connectivity index is 2.10. The highest BCUT2D eigenvalue weighted by Gasteiger charge is 2.36. The van der Waals surface area contributed by atoms with E-state index in [0.717, 1.165) is 24.5 Å². The van der Waals surface area contributed by atoms with Crippen molar-refractivity contribution >= 4 is 23.2 Å². The number of rotatable bonds is 5. The van der Waals surface area contributed by atoms with E-state index in [4.69, 9.17) is 23.2 Å². The van der Waals surface area contributed by atoms with E-state index in [9.17, 15) is 0 Å². The molecule has 0 atom stereocenters.